The van der Waals surface area contributed by atoms with Crippen LogP contribution in [0, 0.1) is 11.3 Å². The van der Waals surface area contributed by atoms with E-state index in [0.29, 0.717) is 28.9 Å². The number of nitriles is 1. The molecule has 5 rings (SSSR count). The highest BCUT2D eigenvalue weighted by molar-refractivity contribution is 5.94. The number of allylic oxidation sites excluding steroid dienone is 1. The zero-order valence-electron chi connectivity index (χ0n) is 21.3. The number of para-hydroxylation sites is 1. The summed E-state index contributed by atoms with van der Waals surface area (Å²) in [6.07, 6.45) is 3.22. The van der Waals surface area contributed by atoms with Crippen molar-refractivity contribution >= 4 is 16.9 Å². The number of nitrogens with two attached hydrogens (primary N) is 1. The van der Waals surface area contributed by atoms with Crippen LogP contribution in [0.5, 0.6) is 17.2 Å². The van der Waals surface area contributed by atoms with Gasteiger partial charge in [0.2, 0.25) is 5.88 Å². The number of carbonyl (C=O) groups excluding carboxylic acids is 1. The number of rotatable bonds is 8. The van der Waals surface area contributed by atoms with E-state index in [2.05, 4.69) is 13.0 Å². The first-order valence-electron chi connectivity index (χ1n) is 12.7. The molecule has 196 valence electrons. The zero-order chi connectivity index (χ0) is 27.4. The highest BCUT2D eigenvalue weighted by Crippen LogP contribution is 2.43. The van der Waals surface area contributed by atoms with E-state index >= 15 is 0 Å². The van der Waals surface area contributed by atoms with E-state index in [0.717, 1.165) is 30.6 Å². The third kappa shape index (κ3) is 5.34. The molecular formula is C31H26N2O6. The molecular weight excluding hydrogens is 496 g/mol. The first-order chi connectivity index (χ1) is 19.0. The molecule has 1 atom stereocenters. The molecule has 0 aliphatic carbocycles. The summed E-state index contributed by atoms with van der Waals surface area (Å²) in [5.74, 6) is -0.143. The molecule has 8 heteroatoms. The molecule has 2 N–H and O–H groups in total. The predicted octanol–water partition coefficient (Wildman–Crippen LogP) is 5.80. The summed E-state index contributed by atoms with van der Waals surface area (Å²) in [7, 11) is 0. The second kappa shape index (κ2) is 11.2. The van der Waals surface area contributed by atoms with Crippen molar-refractivity contribution in [3.63, 3.8) is 0 Å². The monoisotopic (exact) mass is 522 g/mol. The van der Waals surface area contributed by atoms with E-state index in [1.54, 1.807) is 36.4 Å². The average Bonchev–Trinajstić information content (AvgIpc) is 2.94. The lowest BCUT2D eigenvalue weighted by Crippen LogP contribution is -2.21. The van der Waals surface area contributed by atoms with Crippen molar-refractivity contribution in [2.45, 2.75) is 32.1 Å². The van der Waals surface area contributed by atoms with E-state index in [1.807, 2.05) is 24.3 Å². The number of nitrogens with zero attached hydrogens (tertiary/aromatic N) is 1. The SMILES string of the molecule is CCCCCOc1ccc(C2C(C#N)=C(N)Oc3cc(OC(=O)c4cc5ccccc5oc4=O)ccc32)cc1. The lowest BCUT2D eigenvalue weighted by atomic mass is 9.83. The topological polar surface area (TPSA) is 125 Å². The van der Waals surface area contributed by atoms with Crippen LogP contribution in [-0.2, 0) is 0 Å². The highest BCUT2D eigenvalue weighted by Gasteiger charge is 2.31. The lowest BCUT2D eigenvalue weighted by molar-refractivity contribution is 0.0730. The van der Waals surface area contributed by atoms with Crippen molar-refractivity contribution < 1.29 is 23.4 Å². The van der Waals surface area contributed by atoms with Gasteiger partial charge in [0.25, 0.3) is 0 Å². The summed E-state index contributed by atoms with van der Waals surface area (Å²) in [6, 6.07) is 22.8. The summed E-state index contributed by atoms with van der Waals surface area (Å²) >= 11 is 0. The van der Waals surface area contributed by atoms with Crippen LogP contribution in [0.2, 0.25) is 0 Å². The standard InChI is InChI=1S/C31H26N2O6/c1-2-3-6-15-36-21-11-9-19(10-12-21)28-23-14-13-22(17-27(23)38-29(33)25(28)18-32)37-30(34)24-16-20-7-4-5-8-26(20)39-31(24)35/h4-5,7-14,16-17,28H,2-3,6,15,33H2,1H3. The third-order valence-electron chi connectivity index (χ3n) is 6.49. The second-order valence-corrected chi connectivity index (χ2v) is 9.12. The van der Waals surface area contributed by atoms with Crippen LogP contribution >= 0.6 is 0 Å². The Hall–Kier alpha value is -5.03. The normalized spacial score (nSPS) is 14.3. The first kappa shape index (κ1) is 25.6. The Balaban J connectivity index is 1.40. The van der Waals surface area contributed by atoms with Crippen molar-refractivity contribution in [3.05, 3.63) is 111 Å². The molecule has 0 saturated carbocycles. The highest BCUT2D eigenvalue weighted by atomic mass is 16.5. The Morgan fingerprint density at radius 2 is 1.79 bits per heavy atom. The molecule has 1 aliphatic heterocycles. The van der Waals surface area contributed by atoms with Gasteiger partial charge in [0, 0.05) is 17.0 Å². The van der Waals surface area contributed by atoms with E-state index < -0.39 is 17.5 Å². The van der Waals surface area contributed by atoms with Gasteiger partial charge in [-0.3, -0.25) is 0 Å². The van der Waals surface area contributed by atoms with Crippen molar-refractivity contribution in [2.24, 2.45) is 5.73 Å². The summed E-state index contributed by atoms with van der Waals surface area (Å²) in [4.78, 5) is 25.2. The maximum Gasteiger partial charge on any atom is 0.351 e. The van der Waals surface area contributed by atoms with Gasteiger partial charge in [0.05, 0.1) is 12.5 Å². The van der Waals surface area contributed by atoms with Crippen LogP contribution < -0.4 is 25.6 Å². The number of fused-ring (bicyclic) bond motifs is 2. The summed E-state index contributed by atoms with van der Waals surface area (Å²) in [5, 5.41) is 10.4. The maximum absolute atomic E-state index is 12.8. The molecule has 8 nitrogen and oxygen atoms in total. The summed E-state index contributed by atoms with van der Waals surface area (Å²) in [6.45, 7) is 2.79. The van der Waals surface area contributed by atoms with Crippen molar-refractivity contribution in [1.82, 2.24) is 0 Å². The van der Waals surface area contributed by atoms with Crippen LogP contribution in [0.15, 0.2) is 93.5 Å². The molecule has 1 aliphatic rings. The van der Waals surface area contributed by atoms with Crippen molar-refractivity contribution in [3.8, 4) is 23.3 Å². The minimum atomic E-state index is -0.863. The number of hydrogen-bond acceptors (Lipinski definition) is 8. The van der Waals surface area contributed by atoms with E-state index in [1.165, 1.54) is 12.1 Å². The van der Waals surface area contributed by atoms with Crippen molar-refractivity contribution in [2.75, 3.05) is 6.61 Å². The largest absolute Gasteiger partial charge is 0.494 e. The van der Waals surface area contributed by atoms with Gasteiger partial charge >= 0.3 is 11.6 Å². The number of ether oxygens (including phenoxy) is 3. The van der Waals surface area contributed by atoms with Crippen molar-refractivity contribution in [1.29, 1.82) is 5.26 Å². The van der Waals surface area contributed by atoms with Crippen LogP contribution in [-0.4, -0.2) is 12.6 Å². The molecule has 3 aromatic carbocycles. The quantitative estimate of drug-likeness (QED) is 0.133. The van der Waals surface area contributed by atoms with Gasteiger partial charge in [0.15, 0.2) is 0 Å². The molecule has 0 amide bonds. The van der Waals surface area contributed by atoms with Gasteiger partial charge < -0.3 is 24.4 Å². The number of esters is 1. The number of carbonyl (C=O) groups is 1. The molecule has 0 radical (unpaired) electrons. The van der Waals surface area contributed by atoms with Crippen LogP contribution in [0.1, 0.15) is 53.6 Å². The average molecular weight is 523 g/mol. The summed E-state index contributed by atoms with van der Waals surface area (Å²) in [5.41, 5.74) is 7.26. The van der Waals surface area contributed by atoms with Gasteiger partial charge in [-0.2, -0.15) is 5.26 Å². The number of hydrogen-bond donors (Lipinski definition) is 1. The molecule has 0 fully saturated rings. The molecule has 0 saturated heterocycles. The molecule has 1 aromatic heterocycles. The minimum Gasteiger partial charge on any atom is -0.494 e. The Bertz CT molecular complexity index is 1660. The fourth-order valence-corrected chi connectivity index (χ4v) is 4.51. The summed E-state index contributed by atoms with van der Waals surface area (Å²) < 4.78 is 22.3. The van der Waals surface area contributed by atoms with E-state index in [4.69, 9.17) is 24.4 Å². The Morgan fingerprint density at radius 3 is 2.56 bits per heavy atom. The Kier molecular flexibility index (Phi) is 7.32. The van der Waals surface area contributed by atoms with Gasteiger partial charge in [-0.15, -0.1) is 0 Å². The Labute approximate surface area is 224 Å². The van der Waals surface area contributed by atoms with Crippen LogP contribution in [0.4, 0.5) is 0 Å². The van der Waals surface area contributed by atoms with Gasteiger partial charge in [-0.05, 0) is 42.3 Å². The predicted molar refractivity (Wildman–Crippen MR) is 145 cm³/mol. The fourth-order valence-electron chi connectivity index (χ4n) is 4.51. The molecule has 1 unspecified atom stereocenters. The maximum atomic E-state index is 12.8. The van der Waals surface area contributed by atoms with E-state index in [9.17, 15) is 14.9 Å². The molecule has 4 aromatic rings. The molecule has 0 bridgehead atoms. The Morgan fingerprint density at radius 1 is 1.03 bits per heavy atom. The molecule has 2 heterocycles. The lowest BCUT2D eigenvalue weighted by Gasteiger charge is -2.26. The second-order valence-electron chi connectivity index (χ2n) is 9.12. The minimum absolute atomic E-state index is 0.0338. The third-order valence-corrected chi connectivity index (χ3v) is 6.49. The molecule has 39 heavy (non-hydrogen) atoms. The van der Waals surface area contributed by atoms with Crippen LogP contribution in [0.3, 0.4) is 0 Å². The smallest absolute Gasteiger partial charge is 0.351 e. The van der Waals surface area contributed by atoms with Gasteiger partial charge in [-0.1, -0.05) is 56.2 Å². The van der Waals surface area contributed by atoms with E-state index in [-0.39, 0.29) is 22.8 Å². The fraction of sp³-hybridized carbons (Fsp3) is 0.194. The van der Waals surface area contributed by atoms with Gasteiger partial charge in [-0.25, -0.2) is 9.59 Å². The number of unbranched alkanes of at least 4 members (excludes halogenated alkanes) is 2. The first-order valence-corrected chi connectivity index (χ1v) is 12.7. The number of benzene rings is 3. The van der Waals surface area contributed by atoms with Crippen LogP contribution in [0.25, 0.3) is 11.0 Å². The molecule has 0 spiro atoms. The zero-order valence-corrected chi connectivity index (χ0v) is 21.3. The van der Waals surface area contributed by atoms with Gasteiger partial charge in [0.1, 0.15) is 40.0 Å².